The Morgan fingerprint density at radius 3 is 2.91 bits per heavy atom. The van der Waals surface area contributed by atoms with Gasteiger partial charge < -0.3 is 10.1 Å². The molecule has 7 nitrogen and oxygen atoms in total. The van der Waals surface area contributed by atoms with Gasteiger partial charge in [-0.15, -0.1) is 15.3 Å². The van der Waals surface area contributed by atoms with E-state index in [0.717, 1.165) is 5.82 Å². The van der Waals surface area contributed by atoms with Gasteiger partial charge in [0.05, 0.1) is 7.11 Å². The van der Waals surface area contributed by atoms with Gasteiger partial charge in [-0.25, -0.2) is 0 Å². The fourth-order valence-corrected chi connectivity index (χ4v) is 2.71. The minimum absolute atomic E-state index is 0.186. The summed E-state index contributed by atoms with van der Waals surface area (Å²) in [5.41, 5.74) is 0.652. The van der Waals surface area contributed by atoms with Gasteiger partial charge in [0.2, 0.25) is 9.97 Å². The standard InChI is InChI=1S/C14H15N5O2S/c1-8(2)11-16-17-14-19(11)18-13(22-14)12(20)15-9-5-4-6-10(7-9)21-3/h4-8H,1-3H3,(H,15,20). The SMILES string of the molecule is COc1cccc(NC(=O)c2nn3c(C(C)C)nnc3s2)c1. The van der Waals surface area contributed by atoms with Crippen molar-refractivity contribution < 1.29 is 9.53 Å². The van der Waals surface area contributed by atoms with Gasteiger partial charge in [0.1, 0.15) is 5.75 Å². The fraction of sp³-hybridized carbons (Fsp3) is 0.286. The van der Waals surface area contributed by atoms with Crippen LogP contribution in [-0.4, -0.2) is 32.8 Å². The Morgan fingerprint density at radius 2 is 2.18 bits per heavy atom. The van der Waals surface area contributed by atoms with Crippen LogP contribution in [-0.2, 0) is 0 Å². The zero-order valence-electron chi connectivity index (χ0n) is 12.4. The molecule has 0 aliphatic rings. The molecule has 0 aliphatic carbocycles. The summed E-state index contributed by atoms with van der Waals surface area (Å²) in [5.74, 6) is 1.33. The molecule has 3 rings (SSSR count). The lowest BCUT2D eigenvalue weighted by molar-refractivity contribution is 0.102. The van der Waals surface area contributed by atoms with Gasteiger partial charge in [0.15, 0.2) is 5.82 Å². The monoisotopic (exact) mass is 317 g/mol. The van der Waals surface area contributed by atoms with Crippen LogP contribution in [0.1, 0.15) is 35.4 Å². The van der Waals surface area contributed by atoms with Crippen LogP contribution in [0.15, 0.2) is 24.3 Å². The highest BCUT2D eigenvalue weighted by Gasteiger charge is 2.18. The molecule has 0 radical (unpaired) electrons. The zero-order valence-corrected chi connectivity index (χ0v) is 13.2. The topological polar surface area (TPSA) is 81.4 Å². The smallest absolute Gasteiger partial charge is 0.286 e. The molecule has 0 saturated heterocycles. The maximum absolute atomic E-state index is 12.3. The number of methoxy groups -OCH3 is 1. The van der Waals surface area contributed by atoms with Gasteiger partial charge in [-0.3, -0.25) is 4.79 Å². The first-order valence-electron chi connectivity index (χ1n) is 6.76. The van der Waals surface area contributed by atoms with Crippen molar-refractivity contribution in [2.75, 3.05) is 12.4 Å². The molecular weight excluding hydrogens is 302 g/mol. The van der Waals surface area contributed by atoms with Crippen molar-refractivity contribution in [2.45, 2.75) is 19.8 Å². The Kier molecular flexibility index (Phi) is 3.76. The Morgan fingerprint density at radius 1 is 1.36 bits per heavy atom. The molecule has 0 fully saturated rings. The van der Waals surface area contributed by atoms with E-state index >= 15 is 0 Å². The van der Waals surface area contributed by atoms with Crippen molar-refractivity contribution >= 4 is 27.9 Å². The van der Waals surface area contributed by atoms with Gasteiger partial charge in [0, 0.05) is 17.7 Å². The van der Waals surface area contributed by atoms with E-state index in [-0.39, 0.29) is 11.8 Å². The molecule has 0 unspecified atom stereocenters. The van der Waals surface area contributed by atoms with Crippen LogP contribution in [0.4, 0.5) is 5.69 Å². The fourth-order valence-electron chi connectivity index (χ4n) is 1.97. The first kappa shape index (κ1) is 14.5. The van der Waals surface area contributed by atoms with Crippen LogP contribution in [0, 0.1) is 0 Å². The molecule has 1 amide bonds. The molecule has 0 saturated carbocycles. The summed E-state index contributed by atoms with van der Waals surface area (Å²) < 4.78 is 6.75. The summed E-state index contributed by atoms with van der Waals surface area (Å²) in [6.45, 7) is 4.01. The average molecular weight is 317 g/mol. The first-order valence-corrected chi connectivity index (χ1v) is 7.57. The van der Waals surface area contributed by atoms with E-state index in [9.17, 15) is 4.79 Å². The molecule has 2 aromatic heterocycles. The number of benzene rings is 1. The van der Waals surface area contributed by atoms with Crippen molar-refractivity contribution in [3.63, 3.8) is 0 Å². The van der Waals surface area contributed by atoms with Gasteiger partial charge >= 0.3 is 0 Å². The van der Waals surface area contributed by atoms with Gasteiger partial charge in [0.25, 0.3) is 5.91 Å². The number of fused-ring (bicyclic) bond motifs is 1. The van der Waals surface area contributed by atoms with Crippen LogP contribution in [0.2, 0.25) is 0 Å². The summed E-state index contributed by atoms with van der Waals surface area (Å²) in [6, 6.07) is 7.16. The first-order chi connectivity index (χ1) is 10.6. The molecule has 22 heavy (non-hydrogen) atoms. The number of rotatable bonds is 4. The lowest BCUT2D eigenvalue weighted by Gasteiger charge is -2.05. The number of nitrogens with one attached hydrogen (secondary N) is 1. The van der Waals surface area contributed by atoms with Crippen LogP contribution in [0.25, 0.3) is 4.96 Å². The normalized spacial score (nSPS) is 11.1. The maximum atomic E-state index is 12.3. The minimum Gasteiger partial charge on any atom is -0.497 e. The van der Waals surface area contributed by atoms with E-state index in [0.29, 0.717) is 21.4 Å². The molecule has 0 aliphatic heterocycles. The van der Waals surface area contributed by atoms with Gasteiger partial charge in [-0.05, 0) is 12.1 Å². The van der Waals surface area contributed by atoms with E-state index < -0.39 is 0 Å². The van der Waals surface area contributed by atoms with E-state index in [2.05, 4.69) is 20.6 Å². The third kappa shape index (κ3) is 2.64. The summed E-state index contributed by atoms with van der Waals surface area (Å²) >= 11 is 1.21. The molecule has 1 N–H and O–H groups in total. The third-order valence-electron chi connectivity index (χ3n) is 3.05. The number of nitrogens with zero attached hydrogens (tertiary/aromatic N) is 4. The quantitative estimate of drug-likeness (QED) is 0.800. The predicted octanol–water partition coefficient (Wildman–Crippen LogP) is 2.57. The predicted molar refractivity (Wildman–Crippen MR) is 83.7 cm³/mol. The second-order valence-corrected chi connectivity index (χ2v) is 5.96. The molecule has 2 heterocycles. The molecule has 114 valence electrons. The number of anilines is 1. The van der Waals surface area contributed by atoms with Crippen LogP contribution >= 0.6 is 11.3 Å². The highest BCUT2D eigenvalue weighted by atomic mass is 32.1. The van der Waals surface area contributed by atoms with Crippen LogP contribution in [0.5, 0.6) is 5.75 Å². The molecule has 0 bridgehead atoms. The van der Waals surface area contributed by atoms with Crippen LogP contribution < -0.4 is 10.1 Å². The largest absolute Gasteiger partial charge is 0.497 e. The zero-order chi connectivity index (χ0) is 15.7. The van der Waals surface area contributed by atoms with Crippen LogP contribution in [0.3, 0.4) is 0 Å². The van der Waals surface area contributed by atoms with Crippen molar-refractivity contribution in [2.24, 2.45) is 0 Å². The minimum atomic E-state index is -0.279. The Labute approximate surface area is 130 Å². The molecule has 0 atom stereocenters. The number of aromatic nitrogens is 4. The summed E-state index contributed by atoms with van der Waals surface area (Å²) in [5, 5.41) is 15.6. The number of hydrogen-bond acceptors (Lipinski definition) is 6. The molecule has 1 aromatic carbocycles. The molecule has 3 aromatic rings. The van der Waals surface area contributed by atoms with Crippen molar-refractivity contribution in [3.8, 4) is 5.75 Å². The molecular formula is C14H15N5O2S. The average Bonchev–Trinajstić information content (AvgIpc) is 3.07. The van der Waals surface area contributed by atoms with Crippen molar-refractivity contribution in [3.05, 3.63) is 35.1 Å². The summed E-state index contributed by atoms with van der Waals surface area (Å²) in [6.07, 6.45) is 0. The van der Waals surface area contributed by atoms with E-state index in [1.807, 2.05) is 26.0 Å². The second kappa shape index (κ2) is 5.72. The number of amides is 1. The Bertz CT molecular complexity index is 824. The van der Waals surface area contributed by atoms with Crippen molar-refractivity contribution in [1.82, 2.24) is 19.8 Å². The molecule has 0 spiro atoms. The number of carbonyl (C=O) groups is 1. The van der Waals surface area contributed by atoms with E-state index in [1.54, 1.807) is 23.8 Å². The summed E-state index contributed by atoms with van der Waals surface area (Å²) in [4.78, 5) is 12.9. The van der Waals surface area contributed by atoms with Crippen molar-refractivity contribution in [1.29, 1.82) is 0 Å². The lowest BCUT2D eigenvalue weighted by Crippen LogP contribution is -2.12. The lowest BCUT2D eigenvalue weighted by atomic mass is 10.2. The third-order valence-corrected chi connectivity index (χ3v) is 3.95. The van der Waals surface area contributed by atoms with E-state index in [4.69, 9.17) is 4.74 Å². The van der Waals surface area contributed by atoms with Gasteiger partial charge in [-0.2, -0.15) is 4.52 Å². The Balaban J connectivity index is 1.85. The number of hydrogen-bond donors (Lipinski definition) is 1. The van der Waals surface area contributed by atoms with Gasteiger partial charge in [-0.1, -0.05) is 31.3 Å². The number of ether oxygens (including phenoxy) is 1. The molecule has 8 heteroatoms. The highest BCUT2D eigenvalue weighted by Crippen LogP contribution is 2.21. The highest BCUT2D eigenvalue weighted by molar-refractivity contribution is 7.18. The second-order valence-electron chi connectivity index (χ2n) is 5.00. The maximum Gasteiger partial charge on any atom is 0.286 e. The van der Waals surface area contributed by atoms with E-state index in [1.165, 1.54) is 11.3 Å². The number of carbonyl (C=O) groups excluding carboxylic acids is 1. The summed E-state index contributed by atoms with van der Waals surface area (Å²) in [7, 11) is 1.58. The Hall–Kier alpha value is -2.48.